The maximum Gasteiger partial charge on any atom is 0.230 e. The summed E-state index contributed by atoms with van der Waals surface area (Å²) >= 11 is 0. The number of nitrogens with zero attached hydrogens (tertiary/aromatic N) is 3. The van der Waals surface area contributed by atoms with Crippen molar-refractivity contribution in [3.05, 3.63) is 24.3 Å². The molecule has 1 saturated carbocycles. The Bertz CT molecular complexity index is 802. The Morgan fingerprint density at radius 1 is 0.867 bits per heavy atom. The number of rotatable bonds is 3. The summed E-state index contributed by atoms with van der Waals surface area (Å²) in [6.07, 6.45) is 7.87. The summed E-state index contributed by atoms with van der Waals surface area (Å²) in [6, 6.07) is 8.64. The van der Waals surface area contributed by atoms with E-state index in [1.54, 1.807) is 0 Å². The van der Waals surface area contributed by atoms with Gasteiger partial charge in [-0.2, -0.15) is 0 Å². The van der Waals surface area contributed by atoms with Crippen LogP contribution in [0, 0.1) is 5.41 Å². The molecule has 1 N–H and O–H groups in total. The molecule has 30 heavy (non-hydrogen) atoms. The molecule has 0 aromatic heterocycles. The first-order valence-electron chi connectivity index (χ1n) is 11.7. The van der Waals surface area contributed by atoms with Gasteiger partial charge < -0.3 is 19.8 Å². The molecule has 1 aromatic rings. The topological polar surface area (TPSA) is 64.1 Å². The molecule has 1 aliphatic carbocycles. The molecule has 0 bridgehead atoms. The van der Waals surface area contributed by atoms with Gasteiger partial charge in [-0.25, -0.2) is 0 Å². The van der Waals surface area contributed by atoms with Crippen LogP contribution < -0.4 is 9.80 Å². The third kappa shape index (κ3) is 3.49. The maximum atomic E-state index is 13.5. The van der Waals surface area contributed by atoms with Crippen LogP contribution in [0.4, 0.5) is 11.4 Å². The van der Waals surface area contributed by atoms with E-state index >= 15 is 0 Å². The van der Waals surface area contributed by atoms with Crippen LogP contribution in [0.15, 0.2) is 24.3 Å². The van der Waals surface area contributed by atoms with Crippen LogP contribution >= 0.6 is 0 Å². The molecule has 4 fully saturated rings. The molecule has 3 aliphatic heterocycles. The third-order valence-corrected chi connectivity index (χ3v) is 7.83. The van der Waals surface area contributed by atoms with Crippen LogP contribution in [-0.4, -0.2) is 60.1 Å². The lowest BCUT2D eigenvalue weighted by atomic mass is 9.78. The van der Waals surface area contributed by atoms with Gasteiger partial charge in [0, 0.05) is 50.0 Å². The lowest BCUT2D eigenvalue weighted by molar-refractivity contribution is -0.139. The number of likely N-dealkylation sites (tertiary alicyclic amines) is 1. The summed E-state index contributed by atoms with van der Waals surface area (Å²) < 4.78 is 0. The number of aliphatic hydroxyl groups is 1. The Labute approximate surface area is 178 Å². The molecular formula is C24H33N3O3. The van der Waals surface area contributed by atoms with Crippen LogP contribution in [-0.2, 0) is 9.59 Å². The predicted molar refractivity (Wildman–Crippen MR) is 117 cm³/mol. The van der Waals surface area contributed by atoms with Gasteiger partial charge in [0.25, 0.3) is 0 Å². The first-order valence-corrected chi connectivity index (χ1v) is 11.7. The van der Waals surface area contributed by atoms with Gasteiger partial charge in [0.1, 0.15) is 0 Å². The molecule has 1 unspecified atom stereocenters. The number of aliphatic hydroxyl groups excluding tert-OH is 1. The molecule has 2 amide bonds. The Morgan fingerprint density at radius 2 is 1.60 bits per heavy atom. The average molecular weight is 412 g/mol. The second-order valence-corrected chi connectivity index (χ2v) is 9.68. The van der Waals surface area contributed by atoms with Gasteiger partial charge >= 0.3 is 0 Å². The van der Waals surface area contributed by atoms with Gasteiger partial charge in [-0.15, -0.1) is 0 Å². The molecule has 6 nitrogen and oxygen atoms in total. The smallest absolute Gasteiger partial charge is 0.230 e. The van der Waals surface area contributed by atoms with Gasteiger partial charge in [-0.05, 0) is 75.6 Å². The van der Waals surface area contributed by atoms with E-state index in [9.17, 15) is 14.7 Å². The van der Waals surface area contributed by atoms with Crippen molar-refractivity contribution in [1.29, 1.82) is 0 Å². The normalized spacial score (nSPS) is 32.5. The minimum Gasteiger partial charge on any atom is -0.393 e. The first kappa shape index (κ1) is 19.9. The quantitative estimate of drug-likeness (QED) is 0.831. The highest BCUT2D eigenvalue weighted by molar-refractivity contribution is 5.95. The van der Waals surface area contributed by atoms with Crippen LogP contribution in [0.25, 0.3) is 0 Å². The Balaban J connectivity index is 1.28. The number of piperidine rings is 1. The van der Waals surface area contributed by atoms with E-state index in [0.717, 1.165) is 88.9 Å². The second kappa shape index (κ2) is 7.88. The summed E-state index contributed by atoms with van der Waals surface area (Å²) in [4.78, 5) is 31.9. The minimum absolute atomic E-state index is 0.183. The van der Waals surface area contributed by atoms with E-state index in [1.165, 1.54) is 0 Å². The fourth-order valence-electron chi connectivity index (χ4n) is 6.06. The number of carbonyl (C=O) groups excluding carboxylic acids is 2. The van der Waals surface area contributed by atoms with E-state index in [-0.39, 0.29) is 17.4 Å². The van der Waals surface area contributed by atoms with E-state index in [4.69, 9.17) is 0 Å². The summed E-state index contributed by atoms with van der Waals surface area (Å²) in [5.74, 6) is 0.555. The largest absolute Gasteiger partial charge is 0.393 e. The first-order chi connectivity index (χ1) is 14.6. The van der Waals surface area contributed by atoms with E-state index in [2.05, 4.69) is 34.1 Å². The summed E-state index contributed by atoms with van der Waals surface area (Å²) in [7, 11) is 0. The molecule has 4 aliphatic rings. The summed E-state index contributed by atoms with van der Waals surface area (Å²) in [6.45, 7) is 3.45. The molecule has 0 radical (unpaired) electrons. The van der Waals surface area contributed by atoms with Gasteiger partial charge in [0.2, 0.25) is 11.8 Å². The van der Waals surface area contributed by atoms with Crippen molar-refractivity contribution in [2.24, 2.45) is 5.41 Å². The van der Waals surface area contributed by atoms with Crippen molar-refractivity contribution >= 4 is 23.2 Å². The maximum absolute atomic E-state index is 13.5. The molecule has 162 valence electrons. The van der Waals surface area contributed by atoms with Crippen molar-refractivity contribution in [1.82, 2.24) is 4.90 Å². The zero-order chi connectivity index (χ0) is 20.7. The molecule has 1 aromatic carbocycles. The molecule has 3 heterocycles. The van der Waals surface area contributed by atoms with Crippen molar-refractivity contribution in [3.8, 4) is 0 Å². The molecule has 5 rings (SSSR count). The standard InChI is InChI=1S/C24H33N3O3/c28-21-10-8-20(9-11-21)27-16-13-24(23(27)30)12-2-14-25(17-24)18-4-6-19(7-5-18)26-15-1-3-22(26)29/h4-7,20-21,28H,1-3,8-17H2. The van der Waals surface area contributed by atoms with Crippen molar-refractivity contribution in [3.63, 3.8) is 0 Å². The SMILES string of the molecule is O=C1CCCN1c1ccc(N2CCCC3(CCN(C4CCC(O)CC4)C3=O)C2)cc1. The van der Waals surface area contributed by atoms with Crippen LogP contribution in [0.1, 0.15) is 57.8 Å². The van der Waals surface area contributed by atoms with E-state index in [1.807, 2.05) is 4.90 Å². The van der Waals surface area contributed by atoms with E-state index < -0.39 is 0 Å². The molecule has 3 saturated heterocycles. The van der Waals surface area contributed by atoms with Gasteiger partial charge in [0.15, 0.2) is 0 Å². The molecule has 1 spiro atoms. The monoisotopic (exact) mass is 411 g/mol. The van der Waals surface area contributed by atoms with Crippen LogP contribution in [0.5, 0.6) is 0 Å². The van der Waals surface area contributed by atoms with Crippen molar-refractivity contribution < 1.29 is 14.7 Å². The fourth-order valence-corrected chi connectivity index (χ4v) is 6.06. The Kier molecular flexibility index (Phi) is 5.21. The minimum atomic E-state index is -0.252. The van der Waals surface area contributed by atoms with Gasteiger partial charge in [-0.1, -0.05) is 0 Å². The lowest BCUT2D eigenvalue weighted by Gasteiger charge is -2.41. The highest BCUT2D eigenvalue weighted by Crippen LogP contribution is 2.43. The average Bonchev–Trinajstić information content (AvgIpc) is 3.33. The molecule has 1 atom stereocenters. The summed E-state index contributed by atoms with van der Waals surface area (Å²) in [5, 5.41) is 9.81. The van der Waals surface area contributed by atoms with Crippen molar-refractivity contribution in [2.75, 3.05) is 36.0 Å². The van der Waals surface area contributed by atoms with Crippen LogP contribution in [0.3, 0.4) is 0 Å². The number of carbonyl (C=O) groups is 2. The number of hydrogen-bond donors (Lipinski definition) is 1. The van der Waals surface area contributed by atoms with Gasteiger partial charge in [0.05, 0.1) is 11.5 Å². The Hall–Kier alpha value is -2.08. The van der Waals surface area contributed by atoms with Crippen molar-refractivity contribution in [2.45, 2.75) is 69.9 Å². The highest BCUT2D eigenvalue weighted by atomic mass is 16.3. The predicted octanol–water partition coefficient (Wildman–Crippen LogP) is 2.94. The summed E-state index contributed by atoms with van der Waals surface area (Å²) in [5.41, 5.74) is 1.88. The third-order valence-electron chi connectivity index (χ3n) is 7.83. The second-order valence-electron chi connectivity index (χ2n) is 9.68. The number of benzene rings is 1. The zero-order valence-corrected chi connectivity index (χ0v) is 17.8. The van der Waals surface area contributed by atoms with Gasteiger partial charge in [-0.3, -0.25) is 9.59 Å². The number of amides is 2. The zero-order valence-electron chi connectivity index (χ0n) is 17.8. The van der Waals surface area contributed by atoms with Crippen LogP contribution in [0.2, 0.25) is 0 Å². The molecule has 6 heteroatoms. The number of anilines is 2. The number of hydrogen-bond acceptors (Lipinski definition) is 4. The van der Waals surface area contributed by atoms with E-state index in [0.29, 0.717) is 18.4 Å². The lowest BCUT2D eigenvalue weighted by Crippen LogP contribution is -2.50. The molecular weight excluding hydrogens is 378 g/mol. The highest BCUT2D eigenvalue weighted by Gasteiger charge is 2.50. The Morgan fingerprint density at radius 3 is 2.30 bits per heavy atom. The fraction of sp³-hybridized carbons (Fsp3) is 0.667.